The van der Waals surface area contributed by atoms with Crippen molar-refractivity contribution in [1.82, 2.24) is 14.7 Å². The maximum atomic E-state index is 7.19. The molecule has 0 radical (unpaired) electrons. The molecule has 0 saturated heterocycles. The molecule has 0 aliphatic heterocycles. The molecule has 0 amide bonds. The Morgan fingerprint density at radius 3 is 3.00 bits per heavy atom. The summed E-state index contributed by atoms with van der Waals surface area (Å²) < 4.78 is 22.4. The zero-order valence-electron chi connectivity index (χ0n) is 10.1. The van der Waals surface area contributed by atoms with Gasteiger partial charge in [0.05, 0.1) is 16.8 Å². The Labute approximate surface area is 76.4 Å². The summed E-state index contributed by atoms with van der Waals surface area (Å²) in [5, 5.41) is 3.89. The average Bonchev–Trinajstić information content (AvgIpc) is 2.45. The topological polar surface area (TPSA) is 25.4 Å². The van der Waals surface area contributed by atoms with Crippen LogP contribution in [0.2, 0.25) is 0 Å². The van der Waals surface area contributed by atoms with E-state index in [1.165, 1.54) is 6.07 Å². The Morgan fingerprint density at radius 1 is 1.83 bits per heavy atom. The van der Waals surface area contributed by atoms with Crippen molar-refractivity contribution >= 4 is 5.82 Å². The van der Waals surface area contributed by atoms with Crippen molar-refractivity contribution in [2.24, 2.45) is 6.98 Å². The van der Waals surface area contributed by atoms with Crippen LogP contribution in [0.15, 0.2) is 6.07 Å². The lowest BCUT2D eigenvalue weighted by Crippen LogP contribution is -2.11. The van der Waals surface area contributed by atoms with Crippen LogP contribution in [0.25, 0.3) is 4.85 Å². The van der Waals surface area contributed by atoms with E-state index in [2.05, 4.69) is 9.94 Å². The third-order valence-electron chi connectivity index (χ3n) is 1.33. The Kier molecular flexibility index (Phi) is 1.50. The van der Waals surface area contributed by atoms with Gasteiger partial charge in [-0.1, -0.05) is 6.57 Å². The molecule has 1 rings (SSSR count). The smallest absolute Gasteiger partial charge is 0.252 e. The molecular formula is C8H12N4. The first-order chi connectivity index (χ1) is 6.84. The second-order valence-electron chi connectivity index (χ2n) is 2.76. The third-order valence-corrected chi connectivity index (χ3v) is 1.33. The van der Waals surface area contributed by atoms with Crippen molar-refractivity contribution in [3.63, 3.8) is 0 Å². The van der Waals surface area contributed by atoms with Crippen LogP contribution in [0.5, 0.6) is 0 Å². The van der Waals surface area contributed by atoms with E-state index in [4.69, 9.17) is 10.7 Å². The number of nitrogens with zero attached hydrogens (tertiary/aromatic N) is 4. The molecule has 12 heavy (non-hydrogen) atoms. The Balaban J connectivity index is 3.08. The molecule has 0 aliphatic rings. The number of aryl methyl sites for hydroxylation is 1. The van der Waals surface area contributed by atoms with E-state index in [-0.39, 0.29) is 5.82 Å². The second kappa shape index (κ2) is 3.37. The Hall–Kier alpha value is -1.34. The maximum Gasteiger partial charge on any atom is 0.252 e. The van der Waals surface area contributed by atoms with Crippen LogP contribution in [0, 0.1) is 6.57 Å². The number of hydrogen-bond donors (Lipinski definition) is 0. The summed E-state index contributed by atoms with van der Waals surface area (Å²) in [7, 11) is 3.71. The number of hydrogen-bond acceptors (Lipinski definition) is 2. The summed E-state index contributed by atoms with van der Waals surface area (Å²) in [5.41, 5.74) is 0.585. The quantitative estimate of drug-likeness (QED) is 0.615. The molecule has 64 valence electrons. The third kappa shape index (κ3) is 1.83. The van der Waals surface area contributed by atoms with E-state index < -0.39 is 6.98 Å². The first-order valence-corrected chi connectivity index (χ1v) is 3.46. The highest BCUT2D eigenvalue weighted by Crippen LogP contribution is 2.12. The Morgan fingerprint density at radius 2 is 2.58 bits per heavy atom. The fraction of sp³-hybridized carbons (Fsp3) is 0.500. The molecule has 1 heterocycles. The highest BCUT2D eigenvalue weighted by Gasteiger charge is 2.05. The molecule has 0 spiro atoms. The van der Waals surface area contributed by atoms with E-state index in [9.17, 15) is 0 Å². The summed E-state index contributed by atoms with van der Waals surface area (Å²) in [6.45, 7) is 5.00. The van der Waals surface area contributed by atoms with Crippen LogP contribution < -0.4 is 0 Å². The lowest BCUT2D eigenvalue weighted by atomic mass is 10.4. The largest absolute Gasteiger partial charge is 0.362 e. The molecule has 0 unspecified atom stereocenters. The molecular weight excluding hydrogens is 152 g/mol. The van der Waals surface area contributed by atoms with Crippen LogP contribution in [-0.4, -0.2) is 28.8 Å². The minimum atomic E-state index is -2.38. The van der Waals surface area contributed by atoms with Gasteiger partial charge in [-0.2, -0.15) is 0 Å². The van der Waals surface area contributed by atoms with Crippen LogP contribution in [0.3, 0.4) is 0 Å². The van der Waals surface area contributed by atoms with Crippen molar-refractivity contribution in [2.75, 3.05) is 14.1 Å². The molecule has 4 heteroatoms. The molecule has 0 bridgehead atoms. The van der Waals surface area contributed by atoms with Gasteiger partial charge in [0.2, 0.25) is 0 Å². The van der Waals surface area contributed by atoms with Crippen molar-refractivity contribution in [1.29, 1.82) is 0 Å². The minimum absolute atomic E-state index is 0.0480. The fourth-order valence-corrected chi connectivity index (χ4v) is 0.900. The van der Waals surface area contributed by atoms with Crippen molar-refractivity contribution in [3.05, 3.63) is 23.2 Å². The standard InChI is InChI=1S/C8H12N4/c1-9-8-5-7(6-11(2)3)10-12(8)4/h5H,6H2,2-4H3/i4D3. The van der Waals surface area contributed by atoms with E-state index >= 15 is 0 Å². The fourth-order valence-electron chi connectivity index (χ4n) is 0.900. The van der Waals surface area contributed by atoms with Gasteiger partial charge in [-0.25, -0.2) is 4.68 Å². The molecule has 0 saturated carbocycles. The molecule has 0 fully saturated rings. The summed E-state index contributed by atoms with van der Waals surface area (Å²) in [6, 6.07) is 1.50. The van der Waals surface area contributed by atoms with Gasteiger partial charge in [0, 0.05) is 6.54 Å². The maximum absolute atomic E-state index is 7.19. The van der Waals surface area contributed by atoms with Gasteiger partial charge in [-0.15, -0.1) is 5.10 Å². The van der Waals surface area contributed by atoms with Gasteiger partial charge < -0.3 is 9.74 Å². The summed E-state index contributed by atoms with van der Waals surface area (Å²) in [5.74, 6) is 0.0480. The number of aromatic nitrogens is 2. The number of rotatable bonds is 2. The monoisotopic (exact) mass is 167 g/mol. The van der Waals surface area contributed by atoms with Crippen molar-refractivity contribution < 1.29 is 4.11 Å². The van der Waals surface area contributed by atoms with Crippen LogP contribution >= 0.6 is 0 Å². The highest BCUT2D eigenvalue weighted by molar-refractivity contribution is 5.37. The molecule has 1 aromatic heterocycles. The lowest BCUT2D eigenvalue weighted by Gasteiger charge is -2.04. The predicted octanol–water partition coefficient (Wildman–Crippen LogP) is 1.03. The lowest BCUT2D eigenvalue weighted by molar-refractivity contribution is 0.395. The van der Waals surface area contributed by atoms with Crippen molar-refractivity contribution in [3.8, 4) is 0 Å². The van der Waals surface area contributed by atoms with Gasteiger partial charge >= 0.3 is 0 Å². The first-order valence-electron chi connectivity index (χ1n) is 4.96. The molecule has 0 aromatic carbocycles. The molecule has 0 atom stereocenters. The van der Waals surface area contributed by atoms with E-state index in [0.29, 0.717) is 12.2 Å². The average molecular weight is 167 g/mol. The Bertz CT molecular complexity index is 386. The summed E-state index contributed by atoms with van der Waals surface area (Å²) in [4.78, 5) is 5.00. The predicted molar refractivity (Wildman–Crippen MR) is 46.9 cm³/mol. The molecule has 0 aliphatic carbocycles. The van der Waals surface area contributed by atoms with E-state index in [1.807, 2.05) is 19.0 Å². The highest BCUT2D eigenvalue weighted by atomic mass is 15.3. The summed E-state index contributed by atoms with van der Waals surface area (Å²) in [6.07, 6.45) is 0. The molecule has 4 nitrogen and oxygen atoms in total. The van der Waals surface area contributed by atoms with Crippen LogP contribution in [0.4, 0.5) is 5.82 Å². The van der Waals surface area contributed by atoms with Gasteiger partial charge in [0.15, 0.2) is 0 Å². The van der Waals surface area contributed by atoms with E-state index in [0.717, 1.165) is 4.68 Å². The van der Waals surface area contributed by atoms with Gasteiger partial charge in [-0.05, 0) is 20.2 Å². The van der Waals surface area contributed by atoms with Gasteiger partial charge in [0.1, 0.15) is 0 Å². The van der Waals surface area contributed by atoms with Gasteiger partial charge in [-0.3, -0.25) is 0 Å². The molecule has 0 N–H and O–H groups in total. The van der Waals surface area contributed by atoms with Crippen LogP contribution in [-0.2, 0) is 13.5 Å². The second-order valence-corrected chi connectivity index (χ2v) is 2.76. The zero-order chi connectivity index (χ0) is 11.6. The van der Waals surface area contributed by atoms with Crippen molar-refractivity contribution in [2.45, 2.75) is 6.54 Å². The molecule has 1 aromatic rings. The van der Waals surface area contributed by atoms with Crippen LogP contribution in [0.1, 0.15) is 9.81 Å². The minimum Gasteiger partial charge on any atom is -0.362 e. The SMILES string of the molecule is [2H]C([2H])([2H])n1nc(CN(C)C)cc1[N+]#[C-]. The first kappa shape index (κ1) is 5.33. The van der Waals surface area contributed by atoms with E-state index in [1.54, 1.807) is 0 Å². The van der Waals surface area contributed by atoms with Gasteiger partial charge in [0.25, 0.3) is 5.82 Å². The zero-order valence-corrected chi connectivity index (χ0v) is 7.07. The summed E-state index contributed by atoms with van der Waals surface area (Å²) >= 11 is 0. The normalized spacial score (nSPS) is 15.0.